The lowest BCUT2D eigenvalue weighted by atomic mass is 9.85. The highest BCUT2D eigenvalue weighted by atomic mass is 15.1. The van der Waals surface area contributed by atoms with Gasteiger partial charge in [0, 0.05) is 12.6 Å². The lowest BCUT2D eigenvalue weighted by Gasteiger charge is -2.34. The number of likely N-dealkylation sites (tertiary alicyclic amines) is 1. The molecular weight excluding hydrogens is 184 g/mol. The van der Waals surface area contributed by atoms with E-state index in [1.54, 1.807) is 0 Å². The van der Waals surface area contributed by atoms with Crippen LogP contribution in [0, 0.1) is 5.92 Å². The quantitative estimate of drug-likeness (QED) is 0.768. The van der Waals surface area contributed by atoms with Crippen LogP contribution in [0.1, 0.15) is 44.9 Å². The van der Waals surface area contributed by atoms with Crippen LogP contribution in [0.4, 0.5) is 0 Å². The Balaban J connectivity index is 1.67. The van der Waals surface area contributed by atoms with Crippen LogP contribution in [-0.2, 0) is 0 Å². The van der Waals surface area contributed by atoms with Gasteiger partial charge in [0.05, 0.1) is 0 Å². The molecule has 2 nitrogen and oxygen atoms in total. The van der Waals surface area contributed by atoms with Crippen LogP contribution in [0.2, 0.25) is 0 Å². The zero-order valence-electron chi connectivity index (χ0n) is 10.2. The molecule has 2 rings (SSSR count). The van der Waals surface area contributed by atoms with Gasteiger partial charge < -0.3 is 10.2 Å². The van der Waals surface area contributed by atoms with Crippen LogP contribution in [0.15, 0.2) is 0 Å². The van der Waals surface area contributed by atoms with Crippen molar-refractivity contribution in [3.05, 3.63) is 0 Å². The SMILES string of the molecule is CNC1CCC(CN2CCCCC2)CC1. The van der Waals surface area contributed by atoms with Crippen LogP contribution in [-0.4, -0.2) is 37.6 Å². The predicted molar refractivity (Wildman–Crippen MR) is 65.1 cm³/mol. The minimum atomic E-state index is 0.808. The molecule has 1 heterocycles. The Bertz CT molecular complexity index is 167. The molecule has 0 aromatic rings. The fourth-order valence-corrected chi connectivity index (χ4v) is 3.14. The van der Waals surface area contributed by atoms with Crippen LogP contribution in [0.5, 0.6) is 0 Å². The van der Waals surface area contributed by atoms with Crippen molar-refractivity contribution in [2.75, 3.05) is 26.7 Å². The zero-order chi connectivity index (χ0) is 10.5. The molecule has 0 unspecified atom stereocenters. The van der Waals surface area contributed by atoms with Gasteiger partial charge in [0.25, 0.3) is 0 Å². The van der Waals surface area contributed by atoms with Gasteiger partial charge in [0.2, 0.25) is 0 Å². The van der Waals surface area contributed by atoms with Gasteiger partial charge in [-0.2, -0.15) is 0 Å². The van der Waals surface area contributed by atoms with Gasteiger partial charge >= 0.3 is 0 Å². The summed E-state index contributed by atoms with van der Waals surface area (Å²) in [4.78, 5) is 2.70. The number of hydrogen-bond acceptors (Lipinski definition) is 2. The van der Waals surface area contributed by atoms with Crippen LogP contribution in [0.25, 0.3) is 0 Å². The van der Waals surface area contributed by atoms with E-state index < -0.39 is 0 Å². The van der Waals surface area contributed by atoms with E-state index in [-0.39, 0.29) is 0 Å². The van der Waals surface area contributed by atoms with E-state index in [1.807, 2.05) is 0 Å². The molecule has 0 aromatic heterocycles. The predicted octanol–water partition coefficient (Wildman–Crippen LogP) is 2.25. The molecule has 1 saturated carbocycles. The minimum Gasteiger partial charge on any atom is -0.317 e. The maximum atomic E-state index is 3.41. The van der Waals surface area contributed by atoms with Crippen molar-refractivity contribution in [3.8, 4) is 0 Å². The van der Waals surface area contributed by atoms with Crippen molar-refractivity contribution >= 4 is 0 Å². The first kappa shape index (κ1) is 11.4. The standard InChI is InChI=1S/C13H26N2/c1-14-13-7-5-12(6-8-13)11-15-9-3-2-4-10-15/h12-14H,2-11H2,1H3. The summed E-state index contributed by atoms with van der Waals surface area (Å²) < 4.78 is 0. The van der Waals surface area contributed by atoms with Gasteiger partial charge in [-0.05, 0) is 64.6 Å². The molecule has 15 heavy (non-hydrogen) atoms. The number of nitrogens with zero attached hydrogens (tertiary/aromatic N) is 1. The highest BCUT2D eigenvalue weighted by molar-refractivity contribution is 4.78. The summed E-state index contributed by atoms with van der Waals surface area (Å²) in [6.45, 7) is 4.12. The van der Waals surface area contributed by atoms with Gasteiger partial charge in [-0.15, -0.1) is 0 Å². The van der Waals surface area contributed by atoms with E-state index >= 15 is 0 Å². The Morgan fingerprint density at radius 1 is 1.00 bits per heavy atom. The first-order chi connectivity index (χ1) is 7.38. The Labute approximate surface area is 94.4 Å². The first-order valence-corrected chi connectivity index (χ1v) is 6.78. The molecule has 0 radical (unpaired) electrons. The van der Waals surface area contributed by atoms with Gasteiger partial charge in [-0.25, -0.2) is 0 Å². The molecule has 1 aliphatic heterocycles. The van der Waals surface area contributed by atoms with Gasteiger partial charge in [-0.3, -0.25) is 0 Å². The van der Waals surface area contributed by atoms with E-state index in [0.717, 1.165) is 12.0 Å². The Morgan fingerprint density at radius 2 is 1.67 bits per heavy atom. The topological polar surface area (TPSA) is 15.3 Å². The molecule has 1 saturated heterocycles. The first-order valence-electron chi connectivity index (χ1n) is 6.78. The van der Waals surface area contributed by atoms with E-state index in [4.69, 9.17) is 0 Å². The molecule has 88 valence electrons. The summed E-state index contributed by atoms with van der Waals surface area (Å²) in [5.41, 5.74) is 0. The molecule has 2 aliphatic rings. The number of hydrogen-bond donors (Lipinski definition) is 1. The van der Waals surface area contributed by atoms with E-state index in [1.165, 1.54) is 64.6 Å². The Morgan fingerprint density at radius 3 is 2.27 bits per heavy atom. The molecule has 1 N–H and O–H groups in total. The maximum Gasteiger partial charge on any atom is 0.00642 e. The normalized spacial score (nSPS) is 34.2. The summed E-state index contributed by atoms with van der Waals surface area (Å²) in [7, 11) is 2.11. The lowest BCUT2D eigenvalue weighted by Crippen LogP contribution is -2.37. The fourth-order valence-electron chi connectivity index (χ4n) is 3.14. The van der Waals surface area contributed by atoms with Crippen molar-refractivity contribution < 1.29 is 0 Å². The summed E-state index contributed by atoms with van der Waals surface area (Å²) in [5.74, 6) is 0.993. The van der Waals surface area contributed by atoms with Crippen molar-refractivity contribution in [3.63, 3.8) is 0 Å². The number of piperidine rings is 1. The van der Waals surface area contributed by atoms with Crippen LogP contribution < -0.4 is 5.32 Å². The summed E-state index contributed by atoms with van der Waals surface area (Å²) in [6.07, 6.45) is 10.0. The molecule has 2 fully saturated rings. The molecule has 2 heteroatoms. The zero-order valence-corrected chi connectivity index (χ0v) is 10.2. The molecule has 0 bridgehead atoms. The van der Waals surface area contributed by atoms with E-state index in [0.29, 0.717) is 0 Å². The summed E-state index contributed by atoms with van der Waals surface area (Å²) in [6, 6.07) is 0.808. The second-order valence-corrected chi connectivity index (χ2v) is 5.37. The van der Waals surface area contributed by atoms with Gasteiger partial charge in [-0.1, -0.05) is 6.42 Å². The second kappa shape index (κ2) is 5.86. The third-order valence-electron chi connectivity index (χ3n) is 4.22. The highest BCUT2D eigenvalue weighted by Crippen LogP contribution is 2.25. The van der Waals surface area contributed by atoms with Crippen molar-refractivity contribution in [2.24, 2.45) is 5.92 Å². The second-order valence-electron chi connectivity index (χ2n) is 5.37. The van der Waals surface area contributed by atoms with Crippen molar-refractivity contribution in [2.45, 2.75) is 51.0 Å². The largest absolute Gasteiger partial charge is 0.317 e. The van der Waals surface area contributed by atoms with Gasteiger partial charge in [0.15, 0.2) is 0 Å². The Kier molecular flexibility index (Phi) is 4.45. The summed E-state index contributed by atoms with van der Waals surface area (Å²) >= 11 is 0. The number of rotatable bonds is 3. The van der Waals surface area contributed by atoms with Gasteiger partial charge in [0.1, 0.15) is 0 Å². The fraction of sp³-hybridized carbons (Fsp3) is 1.00. The summed E-state index contributed by atoms with van der Waals surface area (Å²) in [5, 5.41) is 3.41. The lowest BCUT2D eigenvalue weighted by molar-refractivity contribution is 0.166. The van der Waals surface area contributed by atoms with E-state index in [2.05, 4.69) is 17.3 Å². The maximum absolute atomic E-state index is 3.41. The average molecular weight is 210 g/mol. The molecular formula is C13H26N2. The van der Waals surface area contributed by atoms with Crippen LogP contribution >= 0.6 is 0 Å². The van der Waals surface area contributed by atoms with Crippen molar-refractivity contribution in [1.82, 2.24) is 10.2 Å². The highest BCUT2D eigenvalue weighted by Gasteiger charge is 2.22. The number of nitrogens with one attached hydrogen (secondary N) is 1. The molecule has 0 aromatic carbocycles. The minimum absolute atomic E-state index is 0.808. The van der Waals surface area contributed by atoms with Crippen molar-refractivity contribution in [1.29, 1.82) is 0 Å². The smallest absolute Gasteiger partial charge is 0.00642 e. The molecule has 0 amide bonds. The molecule has 0 atom stereocenters. The van der Waals surface area contributed by atoms with Crippen LogP contribution in [0.3, 0.4) is 0 Å². The molecule has 0 spiro atoms. The Hall–Kier alpha value is -0.0800. The third-order valence-corrected chi connectivity index (χ3v) is 4.22. The monoisotopic (exact) mass is 210 g/mol. The van der Waals surface area contributed by atoms with E-state index in [9.17, 15) is 0 Å². The third kappa shape index (κ3) is 3.46. The average Bonchev–Trinajstić information content (AvgIpc) is 2.31. The molecule has 1 aliphatic carbocycles.